The Kier molecular flexibility index (Phi) is 5.85. The Labute approximate surface area is 123 Å². The Hall–Kier alpha value is -0.610. The lowest BCUT2D eigenvalue weighted by molar-refractivity contribution is -0.137. The third kappa shape index (κ3) is 3.53. The second-order valence-electron chi connectivity index (χ2n) is 6.57. The normalized spacial score (nSPS) is 29.5. The van der Waals surface area contributed by atoms with E-state index in [1.165, 1.54) is 32.1 Å². The van der Waals surface area contributed by atoms with Gasteiger partial charge in [0.2, 0.25) is 5.91 Å². The Morgan fingerprint density at radius 3 is 2.45 bits per heavy atom. The van der Waals surface area contributed by atoms with Crippen LogP contribution in [0.4, 0.5) is 0 Å². The molecule has 4 heteroatoms. The van der Waals surface area contributed by atoms with E-state index < -0.39 is 0 Å². The van der Waals surface area contributed by atoms with Crippen LogP contribution in [-0.2, 0) is 4.79 Å². The van der Waals surface area contributed by atoms with Crippen molar-refractivity contribution in [1.29, 1.82) is 0 Å². The number of carbonyl (C=O) groups is 1. The van der Waals surface area contributed by atoms with Gasteiger partial charge >= 0.3 is 0 Å². The molecule has 116 valence electrons. The highest BCUT2D eigenvalue weighted by Gasteiger charge is 2.34. The zero-order chi connectivity index (χ0) is 14.5. The molecule has 2 aliphatic rings. The lowest BCUT2D eigenvalue weighted by Crippen LogP contribution is -2.51. The molecule has 2 rings (SSSR count). The molecule has 0 aromatic carbocycles. The van der Waals surface area contributed by atoms with Crippen molar-refractivity contribution in [3.63, 3.8) is 0 Å². The van der Waals surface area contributed by atoms with Crippen molar-refractivity contribution in [2.24, 2.45) is 11.7 Å². The van der Waals surface area contributed by atoms with Gasteiger partial charge in [0.25, 0.3) is 0 Å². The summed E-state index contributed by atoms with van der Waals surface area (Å²) in [5, 5.41) is 0. The number of rotatable bonds is 4. The van der Waals surface area contributed by atoms with Gasteiger partial charge in [-0.25, -0.2) is 0 Å². The van der Waals surface area contributed by atoms with Crippen molar-refractivity contribution in [2.75, 3.05) is 26.7 Å². The van der Waals surface area contributed by atoms with Gasteiger partial charge in [-0.3, -0.25) is 9.69 Å². The van der Waals surface area contributed by atoms with Gasteiger partial charge in [0, 0.05) is 19.1 Å². The van der Waals surface area contributed by atoms with Gasteiger partial charge in [-0.05, 0) is 52.1 Å². The van der Waals surface area contributed by atoms with Crippen LogP contribution in [-0.4, -0.2) is 54.5 Å². The van der Waals surface area contributed by atoms with Crippen molar-refractivity contribution in [1.82, 2.24) is 9.80 Å². The Balaban J connectivity index is 1.94. The zero-order valence-electron chi connectivity index (χ0n) is 13.2. The van der Waals surface area contributed by atoms with E-state index in [4.69, 9.17) is 5.73 Å². The second kappa shape index (κ2) is 7.41. The molecular weight excluding hydrogens is 250 g/mol. The molecule has 3 unspecified atom stereocenters. The van der Waals surface area contributed by atoms with Crippen LogP contribution in [0.2, 0.25) is 0 Å². The third-order valence-corrected chi connectivity index (χ3v) is 5.33. The van der Waals surface area contributed by atoms with Crippen molar-refractivity contribution < 1.29 is 4.79 Å². The molecule has 0 aromatic heterocycles. The van der Waals surface area contributed by atoms with Crippen LogP contribution in [0.5, 0.6) is 0 Å². The molecule has 1 aliphatic carbocycles. The van der Waals surface area contributed by atoms with Crippen LogP contribution < -0.4 is 5.73 Å². The molecule has 2 fully saturated rings. The SMILES string of the molecule is CC(C(=O)N1CCCCCC1)N(C)C1CCCC1CN. The standard InChI is InChI=1S/C16H31N3O/c1-13(16(20)19-10-5-3-4-6-11-19)18(2)15-9-7-8-14(15)12-17/h13-15H,3-12,17H2,1-2H3. The molecular formula is C16H31N3O. The van der Waals surface area contributed by atoms with Crippen molar-refractivity contribution in [2.45, 2.75) is 64.0 Å². The number of nitrogens with two attached hydrogens (primary N) is 1. The fourth-order valence-electron chi connectivity index (χ4n) is 3.85. The van der Waals surface area contributed by atoms with Crippen molar-refractivity contribution in [3.05, 3.63) is 0 Å². The predicted molar refractivity (Wildman–Crippen MR) is 82.5 cm³/mol. The van der Waals surface area contributed by atoms with Crippen molar-refractivity contribution >= 4 is 5.91 Å². The summed E-state index contributed by atoms with van der Waals surface area (Å²) in [6.45, 7) is 4.71. The van der Waals surface area contributed by atoms with E-state index in [-0.39, 0.29) is 6.04 Å². The van der Waals surface area contributed by atoms with Crippen LogP contribution >= 0.6 is 0 Å². The average molecular weight is 281 g/mol. The molecule has 0 bridgehead atoms. The van der Waals surface area contributed by atoms with Crippen LogP contribution in [0, 0.1) is 5.92 Å². The maximum absolute atomic E-state index is 12.7. The maximum Gasteiger partial charge on any atom is 0.239 e. The van der Waals surface area contributed by atoms with Crippen LogP contribution in [0.25, 0.3) is 0 Å². The molecule has 1 aliphatic heterocycles. The topological polar surface area (TPSA) is 49.6 Å². The number of likely N-dealkylation sites (N-methyl/N-ethyl adjacent to an activating group) is 1. The van der Waals surface area contributed by atoms with E-state index in [1.807, 2.05) is 0 Å². The van der Waals surface area contributed by atoms with Gasteiger partial charge < -0.3 is 10.6 Å². The highest BCUT2D eigenvalue weighted by molar-refractivity contribution is 5.81. The number of carbonyl (C=O) groups excluding carboxylic acids is 1. The van der Waals surface area contributed by atoms with Crippen LogP contribution in [0.15, 0.2) is 0 Å². The lowest BCUT2D eigenvalue weighted by atomic mass is 10.0. The highest BCUT2D eigenvalue weighted by atomic mass is 16.2. The summed E-state index contributed by atoms with van der Waals surface area (Å²) in [5.41, 5.74) is 5.88. The first-order valence-corrected chi connectivity index (χ1v) is 8.36. The monoisotopic (exact) mass is 281 g/mol. The minimum Gasteiger partial charge on any atom is -0.341 e. The maximum atomic E-state index is 12.7. The molecule has 4 nitrogen and oxygen atoms in total. The molecule has 1 heterocycles. The summed E-state index contributed by atoms with van der Waals surface area (Å²) >= 11 is 0. The summed E-state index contributed by atoms with van der Waals surface area (Å²) in [6.07, 6.45) is 8.53. The first kappa shape index (κ1) is 15.8. The predicted octanol–water partition coefficient (Wildman–Crippen LogP) is 1.84. The minimum atomic E-state index is -0.00903. The van der Waals surface area contributed by atoms with Gasteiger partial charge in [-0.15, -0.1) is 0 Å². The lowest BCUT2D eigenvalue weighted by Gasteiger charge is -2.35. The summed E-state index contributed by atoms with van der Waals surface area (Å²) < 4.78 is 0. The molecule has 0 radical (unpaired) electrons. The summed E-state index contributed by atoms with van der Waals surface area (Å²) in [5.74, 6) is 0.886. The fourth-order valence-corrected chi connectivity index (χ4v) is 3.85. The average Bonchev–Trinajstić information content (AvgIpc) is 2.78. The van der Waals surface area contributed by atoms with Gasteiger partial charge in [0.15, 0.2) is 0 Å². The molecule has 20 heavy (non-hydrogen) atoms. The van der Waals surface area contributed by atoms with E-state index >= 15 is 0 Å². The molecule has 2 N–H and O–H groups in total. The van der Waals surface area contributed by atoms with Crippen molar-refractivity contribution in [3.8, 4) is 0 Å². The molecule has 0 aromatic rings. The van der Waals surface area contributed by atoms with Gasteiger partial charge in [-0.2, -0.15) is 0 Å². The summed E-state index contributed by atoms with van der Waals surface area (Å²) in [4.78, 5) is 17.1. The first-order chi connectivity index (χ1) is 9.65. The Bertz CT molecular complexity index is 313. The van der Waals surface area contributed by atoms with Crippen LogP contribution in [0.1, 0.15) is 51.9 Å². The molecule has 1 saturated heterocycles. The first-order valence-electron chi connectivity index (χ1n) is 8.36. The largest absolute Gasteiger partial charge is 0.341 e. The number of amides is 1. The molecule has 3 atom stereocenters. The fraction of sp³-hybridized carbons (Fsp3) is 0.938. The van der Waals surface area contributed by atoms with E-state index in [0.717, 1.165) is 32.5 Å². The van der Waals surface area contributed by atoms with Gasteiger partial charge in [0.05, 0.1) is 6.04 Å². The molecule has 1 saturated carbocycles. The van der Waals surface area contributed by atoms with E-state index in [9.17, 15) is 4.79 Å². The second-order valence-corrected chi connectivity index (χ2v) is 6.57. The van der Waals surface area contributed by atoms with Gasteiger partial charge in [-0.1, -0.05) is 19.3 Å². The zero-order valence-corrected chi connectivity index (χ0v) is 13.2. The smallest absolute Gasteiger partial charge is 0.239 e. The van der Waals surface area contributed by atoms with E-state index in [0.29, 0.717) is 17.9 Å². The number of hydrogen-bond acceptors (Lipinski definition) is 3. The quantitative estimate of drug-likeness (QED) is 0.855. The Morgan fingerprint density at radius 2 is 1.85 bits per heavy atom. The molecule has 1 amide bonds. The highest BCUT2D eigenvalue weighted by Crippen LogP contribution is 2.30. The number of nitrogens with zero attached hydrogens (tertiary/aromatic N) is 2. The van der Waals surface area contributed by atoms with Gasteiger partial charge in [0.1, 0.15) is 0 Å². The van der Waals surface area contributed by atoms with E-state index in [1.54, 1.807) is 0 Å². The number of hydrogen-bond donors (Lipinski definition) is 1. The van der Waals surface area contributed by atoms with Crippen LogP contribution in [0.3, 0.4) is 0 Å². The minimum absolute atomic E-state index is 0.00903. The van der Waals surface area contributed by atoms with E-state index in [2.05, 4.69) is 23.8 Å². The summed E-state index contributed by atoms with van der Waals surface area (Å²) in [7, 11) is 2.11. The molecule has 0 spiro atoms. The number of likely N-dealkylation sites (tertiary alicyclic amines) is 1. The Morgan fingerprint density at radius 1 is 1.20 bits per heavy atom. The summed E-state index contributed by atoms with van der Waals surface area (Å²) in [6, 6.07) is 0.483. The third-order valence-electron chi connectivity index (χ3n) is 5.33.